The number of rotatable bonds is 2. The molecule has 2 rings (SSSR count). The smallest absolute Gasteiger partial charge is 0.0689 e. The lowest BCUT2D eigenvalue weighted by Gasteiger charge is -2.04. The van der Waals surface area contributed by atoms with Crippen molar-refractivity contribution in [2.45, 2.75) is 26.3 Å². The van der Waals surface area contributed by atoms with Gasteiger partial charge >= 0.3 is 0 Å². The number of nitrogens with one attached hydrogen (secondary N) is 1. The molecule has 2 nitrogen and oxygen atoms in total. The summed E-state index contributed by atoms with van der Waals surface area (Å²) in [7, 11) is 0. The highest BCUT2D eigenvalue weighted by Crippen LogP contribution is 2.27. The second-order valence-corrected chi connectivity index (χ2v) is 4.50. The molecule has 1 atom stereocenters. The van der Waals surface area contributed by atoms with E-state index in [1.165, 1.54) is 5.56 Å². The van der Waals surface area contributed by atoms with Gasteiger partial charge in [0.05, 0.1) is 5.02 Å². The lowest BCUT2D eigenvalue weighted by atomic mass is 10.1. The average molecular weight is 223 g/mol. The van der Waals surface area contributed by atoms with Crippen molar-refractivity contribution in [1.29, 1.82) is 0 Å². The summed E-state index contributed by atoms with van der Waals surface area (Å²) >= 11 is 6.19. The largest absolute Gasteiger partial charge is 0.357 e. The van der Waals surface area contributed by atoms with Gasteiger partial charge < -0.3 is 10.7 Å². The first-order chi connectivity index (χ1) is 7.08. The van der Waals surface area contributed by atoms with E-state index in [4.69, 9.17) is 17.3 Å². The zero-order chi connectivity index (χ0) is 11.0. The van der Waals surface area contributed by atoms with Crippen molar-refractivity contribution in [3.8, 4) is 0 Å². The third kappa shape index (κ3) is 2.01. The lowest BCUT2D eigenvalue weighted by Crippen LogP contribution is -2.17. The summed E-state index contributed by atoms with van der Waals surface area (Å²) in [6.07, 6.45) is 0.885. The van der Waals surface area contributed by atoms with Gasteiger partial charge in [-0.15, -0.1) is 0 Å². The van der Waals surface area contributed by atoms with Crippen LogP contribution in [0.3, 0.4) is 0 Å². The van der Waals surface area contributed by atoms with Gasteiger partial charge in [-0.3, -0.25) is 0 Å². The van der Waals surface area contributed by atoms with Gasteiger partial charge in [0, 0.05) is 22.6 Å². The van der Waals surface area contributed by atoms with E-state index in [1.54, 1.807) is 0 Å². The minimum absolute atomic E-state index is 0.182. The summed E-state index contributed by atoms with van der Waals surface area (Å²) in [5.41, 5.74) is 9.11. The first-order valence-electron chi connectivity index (χ1n) is 5.10. The fraction of sp³-hybridized carbons (Fsp3) is 0.333. The van der Waals surface area contributed by atoms with Crippen molar-refractivity contribution in [3.63, 3.8) is 0 Å². The molecule has 1 heterocycles. The SMILES string of the molecule is Cc1[nH]c2ccc(CC(C)N)cc2c1Cl. The van der Waals surface area contributed by atoms with Crippen molar-refractivity contribution in [2.24, 2.45) is 5.73 Å². The monoisotopic (exact) mass is 222 g/mol. The summed E-state index contributed by atoms with van der Waals surface area (Å²) in [5.74, 6) is 0. The molecule has 0 aliphatic heterocycles. The normalized spacial score (nSPS) is 13.3. The van der Waals surface area contributed by atoms with Crippen LogP contribution in [-0.2, 0) is 6.42 Å². The predicted molar refractivity (Wildman–Crippen MR) is 65.4 cm³/mol. The van der Waals surface area contributed by atoms with E-state index in [-0.39, 0.29) is 6.04 Å². The Labute approximate surface area is 94.4 Å². The van der Waals surface area contributed by atoms with Gasteiger partial charge in [-0.2, -0.15) is 0 Å². The minimum atomic E-state index is 0.182. The molecule has 0 fully saturated rings. The third-order valence-corrected chi connectivity index (χ3v) is 3.02. The van der Waals surface area contributed by atoms with Crippen molar-refractivity contribution in [1.82, 2.24) is 4.98 Å². The van der Waals surface area contributed by atoms with E-state index in [0.29, 0.717) is 0 Å². The van der Waals surface area contributed by atoms with Gasteiger partial charge in [0.25, 0.3) is 0 Å². The molecule has 0 spiro atoms. The van der Waals surface area contributed by atoms with E-state index in [1.807, 2.05) is 13.8 Å². The van der Waals surface area contributed by atoms with Gasteiger partial charge in [0.2, 0.25) is 0 Å². The zero-order valence-electron chi connectivity index (χ0n) is 8.97. The first kappa shape index (κ1) is 10.5. The topological polar surface area (TPSA) is 41.8 Å². The van der Waals surface area contributed by atoms with Gasteiger partial charge in [0.1, 0.15) is 0 Å². The van der Waals surface area contributed by atoms with Crippen LogP contribution >= 0.6 is 11.6 Å². The summed E-state index contributed by atoms with van der Waals surface area (Å²) < 4.78 is 0. The zero-order valence-corrected chi connectivity index (χ0v) is 9.73. The van der Waals surface area contributed by atoms with Crippen molar-refractivity contribution in [3.05, 3.63) is 34.5 Å². The summed E-state index contributed by atoms with van der Waals surface area (Å²) in [5, 5.41) is 1.91. The molecule has 1 aromatic carbocycles. The molecule has 15 heavy (non-hydrogen) atoms. The third-order valence-electron chi connectivity index (χ3n) is 2.53. The quantitative estimate of drug-likeness (QED) is 0.806. The van der Waals surface area contributed by atoms with Crippen LogP contribution in [0.1, 0.15) is 18.2 Å². The fourth-order valence-electron chi connectivity index (χ4n) is 1.84. The van der Waals surface area contributed by atoms with E-state index in [9.17, 15) is 0 Å². The minimum Gasteiger partial charge on any atom is -0.357 e. The second-order valence-electron chi connectivity index (χ2n) is 4.13. The highest BCUT2D eigenvalue weighted by Gasteiger charge is 2.07. The molecule has 3 heteroatoms. The van der Waals surface area contributed by atoms with Crippen LogP contribution in [0.5, 0.6) is 0 Å². The summed E-state index contributed by atoms with van der Waals surface area (Å²) in [6.45, 7) is 3.99. The molecule has 0 aliphatic carbocycles. The molecule has 80 valence electrons. The maximum Gasteiger partial charge on any atom is 0.0689 e. The standard InChI is InChI=1S/C12H15ClN2/c1-7(14)5-9-3-4-11-10(6-9)12(13)8(2)15-11/h3-4,6-7,15H,5,14H2,1-2H3. The van der Waals surface area contributed by atoms with Crippen LogP contribution < -0.4 is 5.73 Å². The second kappa shape index (κ2) is 3.87. The number of halogens is 1. The molecule has 2 aromatic rings. The Morgan fingerprint density at radius 2 is 2.20 bits per heavy atom. The van der Waals surface area contributed by atoms with Gasteiger partial charge in [0.15, 0.2) is 0 Å². The van der Waals surface area contributed by atoms with Crippen LogP contribution in [0.25, 0.3) is 10.9 Å². The average Bonchev–Trinajstić information content (AvgIpc) is 2.43. The molecule has 1 unspecified atom stereocenters. The molecule has 0 saturated carbocycles. The molecule has 1 aromatic heterocycles. The number of aromatic nitrogens is 1. The van der Waals surface area contributed by atoms with Crippen LogP contribution in [0, 0.1) is 6.92 Å². The number of benzene rings is 1. The Kier molecular flexibility index (Phi) is 2.72. The highest BCUT2D eigenvalue weighted by atomic mass is 35.5. The van der Waals surface area contributed by atoms with Crippen LogP contribution in [0.4, 0.5) is 0 Å². The maximum atomic E-state index is 6.19. The van der Waals surface area contributed by atoms with Crippen LogP contribution in [0.15, 0.2) is 18.2 Å². The Bertz CT molecular complexity index is 486. The van der Waals surface area contributed by atoms with E-state index in [2.05, 4.69) is 23.2 Å². The Hall–Kier alpha value is -0.990. The summed E-state index contributed by atoms with van der Waals surface area (Å²) in [6, 6.07) is 6.45. The molecule has 0 radical (unpaired) electrons. The van der Waals surface area contributed by atoms with Gasteiger partial charge in [-0.25, -0.2) is 0 Å². The maximum absolute atomic E-state index is 6.19. The van der Waals surface area contributed by atoms with E-state index < -0.39 is 0 Å². The number of nitrogens with two attached hydrogens (primary N) is 1. The number of fused-ring (bicyclic) bond motifs is 1. The first-order valence-corrected chi connectivity index (χ1v) is 5.48. The van der Waals surface area contributed by atoms with E-state index >= 15 is 0 Å². The molecule has 0 amide bonds. The molecule has 0 bridgehead atoms. The van der Waals surface area contributed by atoms with Gasteiger partial charge in [-0.05, 0) is 38.0 Å². The highest BCUT2D eigenvalue weighted by molar-refractivity contribution is 6.36. The van der Waals surface area contributed by atoms with Crippen molar-refractivity contribution in [2.75, 3.05) is 0 Å². The number of aryl methyl sites for hydroxylation is 1. The van der Waals surface area contributed by atoms with Gasteiger partial charge in [-0.1, -0.05) is 17.7 Å². The Morgan fingerprint density at radius 1 is 1.47 bits per heavy atom. The fourth-order valence-corrected chi connectivity index (χ4v) is 2.04. The Morgan fingerprint density at radius 3 is 2.87 bits per heavy atom. The number of H-pyrrole nitrogens is 1. The van der Waals surface area contributed by atoms with Crippen molar-refractivity contribution >= 4 is 22.5 Å². The molecule has 0 saturated heterocycles. The molecular weight excluding hydrogens is 208 g/mol. The molecule has 0 aliphatic rings. The van der Waals surface area contributed by atoms with Crippen molar-refractivity contribution < 1.29 is 0 Å². The van der Waals surface area contributed by atoms with Crippen LogP contribution in [0.2, 0.25) is 5.02 Å². The number of aromatic amines is 1. The Balaban J connectivity index is 2.49. The predicted octanol–water partition coefficient (Wildman–Crippen LogP) is 3.02. The lowest BCUT2D eigenvalue weighted by molar-refractivity contribution is 0.739. The molecule has 3 N–H and O–H groups in total. The number of hydrogen-bond acceptors (Lipinski definition) is 1. The molecular formula is C12H15ClN2. The summed E-state index contributed by atoms with van der Waals surface area (Å²) in [4.78, 5) is 3.24. The van der Waals surface area contributed by atoms with Crippen LogP contribution in [-0.4, -0.2) is 11.0 Å². The van der Waals surface area contributed by atoms with E-state index in [0.717, 1.165) is 28.0 Å². The number of hydrogen-bond donors (Lipinski definition) is 2.